The first-order chi connectivity index (χ1) is 15.5. The van der Waals surface area contributed by atoms with Gasteiger partial charge in [0.25, 0.3) is 5.91 Å². The third kappa shape index (κ3) is 4.23. The number of hydrogen-bond donors (Lipinski definition) is 2. The van der Waals surface area contributed by atoms with Gasteiger partial charge < -0.3 is 19.9 Å². The van der Waals surface area contributed by atoms with E-state index in [0.29, 0.717) is 28.5 Å². The number of fused-ring (bicyclic) bond motifs is 1. The molecule has 0 aliphatic carbocycles. The lowest BCUT2D eigenvalue weighted by Crippen LogP contribution is -2.15. The molecule has 0 fully saturated rings. The number of rotatable bonds is 7. The molecule has 4 rings (SSSR count). The van der Waals surface area contributed by atoms with Gasteiger partial charge in [0.15, 0.2) is 0 Å². The number of amides is 1. The summed E-state index contributed by atoms with van der Waals surface area (Å²) in [7, 11) is 3.15. The second-order valence-corrected chi connectivity index (χ2v) is 8.38. The molecular formula is C25H24N2O4S. The van der Waals surface area contributed by atoms with Crippen LogP contribution in [0.1, 0.15) is 38.2 Å². The molecule has 2 aromatic heterocycles. The molecule has 1 atom stereocenters. The maximum Gasteiger partial charge on any atom is 0.259 e. The van der Waals surface area contributed by atoms with Crippen LogP contribution in [-0.2, 0) is 11.3 Å². The topological polar surface area (TPSA) is 80.7 Å². The molecular weight excluding hydrogens is 424 g/mol. The highest BCUT2D eigenvalue weighted by atomic mass is 32.1. The normalized spacial score (nSPS) is 12.0. The number of thiophene rings is 1. The van der Waals surface area contributed by atoms with Crippen LogP contribution in [0.2, 0.25) is 0 Å². The van der Waals surface area contributed by atoms with E-state index >= 15 is 0 Å². The predicted molar refractivity (Wildman–Crippen MR) is 127 cm³/mol. The maximum absolute atomic E-state index is 13.3. The molecule has 32 heavy (non-hydrogen) atoms. The number of ether oxygens (including phenoxy) is 2. The summed E-state index contributed by atoms with van der Waals surface area (Å²) >= 11 is 1.37. The minimum Gasteiger partial charge on any atom is -0.496 e. The minimum absolute atomic E-state index is 0.326. The van der Waals surface area contributed by atoms with Crippen LogP contribution in [0.15, 0.2) is 60.7 Å². The Balaban J connectivity index is 1.88. The summed E-state index contributed by atoms with van der Waals surface area (Å²) in [6.45, 7) is 2.27. The Hall–Kier alpha value is -3.26. The monoisotopic (exact) mass is 448 g/mol. The Labute approximate surface area is 190 Å². The van der Waals surface area contributed by atoms with Crippen molar-refractivity contribution in [2.24, 2.45) is 0 Å². The molecule has 0 spiro atoms. The number of methoxy groups -OCH3 is 2. The summed E-state index contributed by atoms with van der Waals surface area (Å²) in [5.41, 5.74) is 3.42. The molecule has 4 aromatic rings. The molecule has 0 aliphatic rings. The first-order valence-electron chi connectivity index (χ1n) is 10.1. The van der Waals surface area contributed by atoms with Gasteiger partial charge in [-0.2, -0.15) is 0 Å². The summed E-state index contributed by atoms with van der Waals surface area (Å²) in [6.07, 6.45) is -0.918. The number of pyridine rings is 1. The molecule has 164 valence electrons. The zero-order chi connectivity index (χ0) is 22.7. The summed E-state index contributed by atoms with van der Waals surface area (Å²) in [5, 5.41) is 15.0. The van der Waals surface area contributed by atoms with Crippen molar-refractivity contribution in [3.8, 4) is 5.75 Å². The number of aryl methyl sites for hydroxylation is 1. The van der Waals surface area contributed by atoms with Gasteiger partial charge in [-0.3, -0.25) is 4.79 Å². The van der Waals surface area contributed by atoms with Gasteiger partial charge in [-0.25, -0.2) is 4.98 Å². The van der Waals surface area contributed by atoms with Gasteiger partial charge >= 0.3 is 0 Å². The van der Waals surface area contributed by atoms with E-state index < -0.39 is 6.10 Å². The molecule has 0 saturated carbocycles. The molecule has 0 bridgehead atoms. The number of nitrogens with one attached hydrogen (secondary N) is 1. The summed E-state index contributed by atoms with van der Waals surface area (Å²) < 4.78 is 10.8. The standard InChI is InChI=1S/C25H24N2O4S/c1-15-13-17(14-30-2)20-21(27-24(29)18-11-7-8-12-19(18)31-3)23(32-25(20)26-15)22(28)16-9-5-4-6-10-16/h4-13,22,28H,14H2,1-3H3,(H,27,29). The molecule has 0 saturated heterocycles. The molecule has 0 aliphatic heterocycles. The lowest BCUT2D eigenvalue weighted by Gasteiger charge is -2.15. The number of benzene rings is 2. The molecule has 1 unspecified atom stereocenters. The Morgan fingerprint density at radius 1 is 1.12 bits per heavy atom. The second kappa shape index (κ2) is 9.48. The number of aliphatic hydroxyl groups is 1. The van der Waals surface area contributed by atoms with Crippen molar-refractivity contribution >= 4 is 33.1 Å². The Kier molecular flexibility index (Phi) is 6.50. The number of anilines is 1. The predicted octanol–water partition coefficient (Wildman–Crippen LogP) is 5.09. The van der Waals surface area contributed by atoms with Crippen molar-refractivity contribution < 1.29 is 19.4 Å². The van der Waals surface area contributed by atoms with E-state index in [1.54, 1.807) is 25.3 Å². The zero-order valence-electron chi connectivity index (χ0n) is 18.1. The van der Waals surface area contributed by atoms with Crippen molar-refractivity contribution in [2.75, 3.05) is 19.5 Å². The minimum atomic E-state index is -0.918. The number of carbonyl (C=O) groups is 1. The molecule has 0 radical (unpaired) electrons. The van der Waals surface area contributed by atoms with Crippen LogP contribution in [0.5, 0.6) is 5.75 Å². The maximum atomic E-state index is 13.3. The highest BCUT2D eigenvalue weighted by Crippen LogP contribution is 2.43. The number of nitrogens with zero attached hydrogens (tertiary/aromatic N) is 1. The molecule has 2 N–H and O–H groups in total. The van der Waals surface area contributed by atoms with Crippen LogP contribution in [0, 0.1) is 6.92 Å². The average molecular weight is 449 g/mol. The van der Waals surface area contributed by atoms with E-state index in [1.807, 2.05) is 49.4 Å². The fourth-order valence-electron chi connectivity index (χ4n) is 3.72. The molecule has 6 nitrogen and oxygen atoms in total. The SMILES string of the molecule is COCc1cc(C)nc2sc(C(O)c3ccccc3)c(NC(=O)c3ccccc3OC)c12. The fourth-order valence-corrected chi connectivity index (χ4v) is 4.95. The van der Waals surface area contributed by atoms with Crippen LogP contribution in [0.4, 0.5) is 5.69 Å². The van der Waals surface area contributed by atoms with Gasteiger partial charge in [0.1, 0.15) is 16.7 Å². The van der Waals surface area contributed by atoms with Crippen molar-refractivity contribution in [1.82, 2.24) is 4.98 Å². The highest BCUT2D eigenvalue weighted by Gasteiger charge is 2.25. The number of para-hydroxylation sites is 1. The van der Waals surface area contributed by atoms with E-state index in [2.05, 4.69) is 10.3 Å². The number of aliphatic hydroxyl groups excluding tert-OH is 1. The third-order valence-electron chi connectivity index (χ3n) is 5.15. The van der Waals surface area contributed by atoms with Crippen molar-refractivity contribution in [3.63, 3.8) is 0 Å². The van der Waals surface area contributed by atoms with E-state index in [1.165, 1.54) is 18.4 Å². The quantitative estimate of drug-likeness (QED) is 0.411. The van der Waals surface area contributed by atoms with E-state index in [0.717, 1.165) is 27.0 Å². The largest absolute Gasteiger partial charge is 0.496 e. The lowest BCUT2D eigenvalue weighted by atomic mass is 10.0. The number of carbonyl (C=O) groups excluding carboxylic acids is 1. The van der Waals surface area contributed by atoms with Crippen LogP contribution < -0.4 is 10.1 Å². The van der Waals surface area contributed by atoms with Crippen molar-refractivity contribution in [1.29, 1.82) is 0 Å². The smallest absolute Gasteiger partial charge is 0.259 e. The van der Waals surface area contributed by atoms with Crippen LogP contribution in [0.25, 0.3) is 10.2 Å². The van der Waals surface area contributed by atoms with Crippen molar-refractivity contribution in [3.05, 3.63) is 87.9 Å². The third-order valence-corrected chi connectivity index (χ3v) is 6.29. The second-order valence-electron chi connectivity index (χ2n) is 7.34. The Morgan fingerprint density at radius 2 is 1.84 bits per heavy atom. The number of aromatic nitrogens is 1. The highest BCUT2D eigenvalue weighted by molar-refractivity contribution is 7.19. The van der Waals surface area contributed by atoms with Gasteiger partial charge in [-0.15, -0.1) is 11.3 Å². The van der Waals surface area contributed by atoms with Gasteiger partial charge in [-0.1, -0.05) is 42.5 Å². The van der Waals surface area contributed by atoms with Crippen LogP contribution in [0.3, 0.4) is 0 Å². The molecule has 2 aromatic carbocycles. The summed E-state index contributed by atoms with van der Waals surface area (Å²) in [5.74, 6) is 0.147. The summed E-state index contributed by atoms with van der Waals surface area (Å²) in [6, 6.07) is 18.3. The van der Waals surface area contributed by atoms with Gasteiger partial charge in [0.05, 0.1) is 29.8 Å². The van der Waals surface area contributed by atoms with Crippen LogP contribution >= 0.6 is 11.3 Å². The zero-order valence-corrected chi connectivity index (χ0v) is 18.9. The summed E-state index contributed by atoms with van der Waals surface area (Å²) in [4.78, 5) is 19.3. The Morgan fingerprint density at radius 3 is 2.56 bits per heavy atom. The molecule has 2 heterocycles. The van der Waals surface area contributed by atoms with Gasteiger partial charge in [0, 0.05) is 18.2 Å². The van der Waals surface area contributed by atoms with E-state index in [4.69, 9.17) is 9.47 Å². The van der Waals surface area contributed by atoms with E-state index in [-0.39, 0.29) is 5.91 Å². The Bertz CT molecular complexity index is 1250. The molecule has 7 heteroatoms. The number of hydrogen-bond acceptors (Lipinski definition) is 6. The van der Waals surface area contributed by atoms with Crippen molar-refractivity contribution in [2.45, 2.75) is 19.6 Å². The fraction of sp³-hybridized carbons (Fsp3) is 0.200. The van der Waals surface area contributed by atoms with Gasteiger partial charge in [0.2, 0.25) is 0 Å². The van der Waals surface area contributed by atoms with Gasteiger partial charge in [-0.05, 0) is 36.2 Å². The first-order valence-corrected chi connectivity index (χ1v) is 10.9. The average Bonchev–Trinajstić information content (AvgIpc) is 3.17. The van der Waals surface area contributed by atoms with Crippen LogP contribution in [-0.4, -0.2) is 30.2 Å². The van der Waals surface area contributed by atoms with E-state index in [9.17, 15) is 9.90 Å². The first kappa shape index (κ1) is 22.0. The molecule has 1 amide bonds. The lowest BCUT2D eigenvalue weighted by molar-refractivity contribution is 0.102.